The van der Waals surface area contributed by atoms with Gasteiger partial charge >= 0.3 is 5.97 Å². The van der Waals surface area contributed by atoms with Crippen LogP contribution in [0, 0.1) is 5.92 Å². The topological polar surface area (TPSA) is 37.3 Å². The van der Waals surface area contributed by atoms with Gasteiger partial charge in [0.2, 0.25) is 0 Å². The largest absolute Gasteiger partial charge is 0.481 e. The van der Waals surface area contributed by atoms with Crippen LogP contribution in [0.2, 0.25) is 0 Å². The van der Waals surface area contributed by atoms with Gasteiger partial charge in [-0.05, 0) is 6.42 Å². The second-order valence-corrected chi connectivity index (χ2v) is 2.38. The van der Waals surface area contributed by atoms with Gasteiger partial charge in [0, 0.05) is 26.2 Å². The van der Waals surface area contributed by atoms with Gasteiger partial charge in [0.05, 0.1) is 5.92 Å². The zero-order valence-corrected chi connectivity index (χ0v) is 9.01. The van der Waals surface area contributed by atoms with Gasteiger partial charge in [0.15, 0.2) is 0 Å². The number of carbonyl (C=O) groups is 1. The van der Waals surface area contributed by atoms with Crippen molar-refractivity contribution in [2.75, 3.05) is 0 Å². The molecule has 0 aliphatic carbocycles. The molecule has 1 N–H and O–H groups in total. The fraction of sp³-hybridized carbons (Fsp3) is 0.857. The molecular formula is C7H14O2Zr. The van der Waals surface area contributed by atoms with Crippen molar-refractivity contribution in [1.82, 2.24) is 0 Å². The Kier molecular flexibility index (Phi) is 9.68. The zero-order valence-electron chi connectivity index (χ0n) is 6.55. The third kappa shape index (κ3) is 6.47. The van der Waals surface area contributed by atoms with Crippen molar-refractivity contribution in [3.63, 3.8) is 0 Å². The molecule has 0 rings (SSSR count). The fourth-order valence-corrected chi connectivity index (χ4v) is 0.634. The first kappa shape index (κ1) is 13.0. The van der Waals surface area contributed by atoms with Crippen LogP contribution in [-0.2, 0) is 31.0 Å². The number of unbranched alkanes of at least 4 members (excludes halogenated alkanes) is 1. The Balaban J connectivity index is 0. The monoisotopic (exact) mass is 220 g/mol. The van der Waals surface area contributed by atoms with Gasteiger partial charge in [-0.1, -0.05) is 26.7 Å². The number of aliphatic carboxylic acids is 1. The molecule has 0 heterocycles. The zero-order chi connectivity index (χ0) is 7.28. The summed E-state index contributed by atoms with van der Waals surface area (Å²) in [7, 11) is 0. The summed E-state index contributed by atoms with van der Waals surface area (Å²) in [5.74, 6) is -0.839. The average Bonchev–Trinajstić information content (AvgIpc) is 1.82. The number of carboxylic acid groups (broad SMARTS) is 1. The average molecular weight is 221 g/mol. The van der Waals surface area contributed by atoms with Gasteiger partial charge in [0.1, 0.15) is 0 Å². The molecule has 0 saturated carbocycles. The van der Waals surface area contributed by atoms with E-state index in [1.165, 1.54) is 0 Å². The number of hydrogen-bond acceptors (Lipinski definition) is 1. The number of carboxylic acids is 1. The maximum atomic E-state index is 10.2. The van der Waals surface area contributed by atoms with Crippen molar-refractivity contribution in [2.45, 2.75) is 33.1 Å². The number of hydrogen-bond donors (Lipinski definition) is 1. The predicted molar refractivity (Wildman–Crippen MR) is 36.3 cm³/mol. The van der Waals surface area contributed by atoms with Gasteiger partial charge in [0.25, 0.3) is 0 Å². The SMILES string of the molecule is CCCCC(C)C(=O)O.[Zr]. The summed E-state index contributed by atoms with van der Waals surface area (Å²) in [6.07, 6.45) is 2.91. The molecule has 0 aromatic heterocycles. The van der Waals surface area contributed by atoms with Gasteiger partial charge in [-0.2, -0.15) is 0 Å². The normalized spacial score (nSPS) is 11.8. The van der Waals surface area contributed by atoms with Crippen LogP contribution in [0.4, 0.5) is 0 Å². The molecule has 2 nitrogen and oxygen atoms in total. The van der Waals surface area contributed by atoms with Gasteiger partial charge in [-0.3, -0.25) is 4.79 Å². The molecule has 0 aromatic rings. The smallest absolute Gasteiger partial charge is 0.306 e. The van der Waals surface area contributed by atoms with Crippen molar-refractivity contribution < 1.29 is 36.1 Å². The first-order valence-corrected chi connectivity index (χ1v) is 3.41. The second-order valence-electron chi connectivity index (χ2n) is 2.38. The van der Waals surface area contributed by atoms with Crippen LogP contribution in [-0.4, -0.2) is 11.1 Å². The van der Waals surface area contributed by atoms with E-state index in [0.717, 1.165) is 19.3 Å². The standard InChI is InChI=1S/C7H14O2.Zr/c1-3-4-5-6(2)7(8)9;/h6H,3-5H2,1-2H3,(H,8,9);. The van der Waals surface area contributed by atoms with Crippen molar-refractivity contribution in [3.8, 4) is 0 Å². The van der Waals surface area contributed by atoms with Crippen molar-refractivity contribution >= 4 is 5.97 Å². The fourth-order valence-electron chi connectivity index (χ4n) is 0.634. The summed E-state index contributed by atoms with van der Waals surface area (Å²) in [6.45, 7) is 3.81. The van der Waals surface area contributed by atoms with Crippen molar-refractivity contribution in [3.05, 3.63) is 0 Å². The molecule has 58 valence electrons. The molecule has 3 heteroatoms. The Morgan fingerprint density at radius 3 is 2.40 bits per heavy atom. The Bertz CT molecular complexity index is 93.6. The Morgan fingerprint density at radius 2 is 2.10 bits per heavy atom. The minimum absolute atomic E-state index is 0. The maximum Gasteiger partial charge on any atom is 0.306 e. The van der Waals surface area contributed by atoms with Crippen LogP contribution in [0.3, 0.4) is 0 Å². The van der Waals surface area contributed by atoms with E-state index < -0.39 is 5.97 Å². The van der Waals surface area contributed by atoms with Gasteiger partial charge in [-0.15, -0.1) is 0 Å². The minimum atomic E-state index is -0.677. The van der Waals surface area contributed by atoms with E-state index in [1.807, 2.05) is 0 Å². The van der Waals surface area contributed by atoms with Crippen LogP contribution in [0.25, 0.3) is 0 Å². The van der Waals surface area contributed by atoms with E-state index >= 15 is 0 Å². The van der Waals surface area contributed by atoms with Crippen LogP contribution in [0.1, 0.15) is 33.1 Å². The summed E-state index contributed by atoms with van der Waals surface area (Å²) in [5.41, 5.74) is 0. The molecule has 0 aromatic carbocycles. The van der Waals surface area contributed by atoms with Crippen LogP contribution >= 0.6 is 0 Å². The van der Waals surface area contributed by atoms with E-state index in [4.69, 9.17) is 5.11 Å². The molecular weight excluding hydrogens is 207 g/mol. The van der Waals surface area contributed by atoms with Crippen LogP contribution < -0.4 is 0 Å². The van der Waals surface area contributed by atoms with E-state index in [0.29, 0.717) is 0 Å². The summed E-state index contributed by atoms with van der Waals surface area (Å²) < 4.78 is 0. The third-order valence-electron chi connectivity index (χ3n) is 1.41. The number of rotatable bonds is 4. The molecule has 0 amide bonds. The molecule has 0 aliphatic heterocycles. The predicted octanol–water partition coefficient (Wildman–Crippen LogP) is 1.89. The first-order valence-electron chi connectivity index (χ1n) is 3.41. The first-order chi connectivity index (χ1) is 4.18. The van der Waals surface area contributed by atoms with Crippen molar-refractivity contribution in [2.24, 2.45) is 5.92 Å². The van der Waals surface area contributed by atoms with Gasteiger partial charge < -0.3 is 5.11 Å². The third-order valence-corrected chi connectivity index (χ3v) is 1.41. The van der Waals surface area contributed by atoms with E-state index in [1.54, 1.807) is 6.92 Å². The van der Waals surface area contributed by atoms with E-state index in [9.17, 15) is 4.79 Å². The van der Waals surface area contributed by atoms with E-state index in [-0.39, 0.29) is 32.1 Å². The van der Waals surface area contributed by atoms with E-state index in [2.05, 4.69) is 6.92 Å². The molecule has 0 saturated heterocycles. The van der Waals surface area contributed by atoms with Crippen LogP contribution in [0.5, 0.6) is 0 Å². The maximum absolute atomic E-state index is 10.2. The summed E-state index contributed by atoms with van der Waals surface area (Å²) in [4.78, 5) is 10.2. The molecule has 1 unspecified atom stereocenters. The molecule has 0 aliphatic rings. The Morgan fingerprint density at radius 1 is 1.60 bits per heavy atom. The molecule has 0 bridgehead atoms. The molecule has 10 heavy (non-hydrogen) atoms. The molecule has 0 radical (unpaired) electrons. The van der Waals surface area contributed by atoms with Gasteiger partial charge in [-0.25, -0.2) is 0 Å². The molecule has 1 atom stereocenters. The summed E-state index contributed by atoms with van der Waals surface area (Å²) in [6, 6.07) is 0. The minimum Gasteiger partial charge on any atom is -0.481 e. The summed E-state index contributed by atoms with van der Waals surface area (Å²) >= 11 is 0. The quantitative estimate of drug-likeness (QED) is 0.787. The molecule has 0 fully saturated rings. The Hall–Kier alpha value is 0.353. The molecule has 0 spiro atoms. The Labute approximate surface area is 81.1 Å². The summed E-state index contributed by atoms with van der Waals surface area (Å²) in [5, 5.41) is 8.41. The second kappa shape index (κ2) is 7.46. The van der Waals surface area contributed by atoms with Crippen molar-refractivity contribution in [1.29, 1.82) is 0 Å². The van der Waals surface area contributed by atoms with Crippen LogP contribution in [0.15, 0.2) is 0 Å².